The first-order valence-corrected chi connectivity index (χ1v) is 6.86. The summed E-state index contributed by atoms with van der Waals surface area (Å²) in [6, 6.07) is 3.57. The molecule has 0 aliphatic rings. The van der Waals surface area contributed by atoms with Crippen LogP contribution in [0.25, 0.3) is 0 Å². The molecule has 0 bridgehead atoms. The van der Waals surface area contributed by atoms with Gasteiger partial charge in [0, 0.05) is 25.9 Å². The molecule has 0 unspecified atom stereocenters. The van der Waals surface area contributed by atoms with E-state index >= 15 is 0 Å². The Morgan fingerprint density at radius 3 is 2.94 bits per heavy atom. The second kappa shape index (κ2) is 7.29. The fourth-order valence-corrected chi connectivity index (χ4v) is 2.09. The van der Waals surface area contributed by atoms with Gasteiger partial charge in [0.15, 0.2) is 0 Å². The number of pyridine rings is 1. The van der Waals surface area contributed by atoms with Crippen molar-refractivity contribution >= 4 is 17.7 Å². The number of aliphatic hydroxyl groups excluding tert-OH is 1. The molecule has 5 heteroatoms. The van der Waals surface area contributed by atoms with E-state index < -0.39 is 0 Å². The molecule has 1 aromatic rings. The molecule has 0 aliphatic heterocycles. The lowest BCUT2D eigenvalue weighted by molar-refractivity contribution is 0.0750. The van der Waals surface area contributed by atoms with E-state index in [1.807, 2.05) is 13.2 Å². The molecule has 0 aliphatic carbocycles. The van der Waals surface area contributed by atoms with E-state index in [4.69, 9.17) is 5.11 Å². The monoisotopic (exact) mass is 254 g/mol. The Bertz CT molecular complexity index is 371. The number of aliphatic hydroxyl groups is 1. The second-order valence-electron chi connectivity index (χ2n) is 3.52. The van der Waals surface area contributed by atoms with Crippen LogP contribution in [0.5, 0.6) is 0 Å². The molecule has 0 saturated heterocycles. The molecule has 1 aromatic heterocycles. The van der Waals surface area contributed by atoms with E-state index in [9.17, 15) is 4.79 Å². The van der Waals surface area contributed by atoms with E-state index in [-0.39, 0.29) is 12.5 Å². The van der Waals surface area contributed by atoms with Crippen LogP contribution in [0.15, 0.2) is 23.4 Å². The van der Waals surface area contributed by atoms with Gasteiger partial charge in [-0.25, -0.2) is 4.98 Å². The van der Waals surface area contributed by atoms with Crippen LogP contribution in [-0.2, 0) is 0 Å². The predicted octanol–water partition coefficient (Wildman–Crippen LogP) is 1.65. The fourth-order valence-electron chi connectivity index (χ4n) is 1.55. The number of aromatic nitrogens is 1. The summed E-state index contributed by atoms with van der Waals surface area (Å²) in [6.45, 7) is 3.26. The van der Waals surface area contributed by atoms with Crippen molar-refractivity contribution in [2.24, 2.45) is 0 Å². The minimum Gasteiger partial charge on any atom is -0.396 e. The number of hydrogen-bond donors (Lipinski definition) is 1. The maximum Gasteiger partial charge on any atom is 0.256 e. The average molecular weight is 254 g/mol. The molecule has 0 atom stereocenters. The third-order valence-corrected chi connectivity index (χ3v) is 3.16. The third-order valence-electron chi connectivity index (χ3n) is 2.45. The van der Waals surface area contributed by atoms with Crippen LogP contribution in [-0.4, -0.2) is 46.8 Å². The molecule has 1 heterocycles. The SMILES string of the molecule is CCN(CCCO)C(=O)c1cccnc1SC. The molecule has 0 spiro atoms. The van der Waals surface area contributed by atoms with Crippen molar-refractivity contribution in [2.75, 3.05) is 26.0 Å². The van der Waals surface area contributed by atoms with Crippen molar-refractivity contribution < 1.29 is 9.90 Å². The van der Waals surface area contributed by atoms with Crippen molar-refractivity contribution in [1.82, 2.24) is 9.88 Å². The number of carbonyl (C=O) groups is 1. The normalized spacial score (nSPS) is 10.3. The maximum atomic E-state index is 12.3. The van der Waals surface area contributed by atoms with Gasteiger partial charge >= 0.3 is 0 Å². The molecule has 0 aromatic carbocycles. The van der Waals surface area contributed by atoms with Crippen LogP contribution in [0.2, 0.25) is 0 Å². The molecular weight excluding hydrogens is 236 g/mol. The zero-order valence-electron chi connectivity index (χ0n) is 10.2. The van der Waals surface area contributed by atoms with Crippen molar-refractivity contribution in [1.29, 1.82) is 0 Å². The van der Waals surface area contributed by atoms with Crippen molar-refractivity contribution in [2.45, 2.75) is 18.4 Å². The summed E-state index contributed by atoms with van der Waals surface area (Å²) in [6.07, 6.45) is 4.20. The van der Waals surface area contributed by atoms with Gasteiger partial charge in [-0.05, 0) is 31.7 Å². The Labute approximate surface area is 106 Å². The summed E-state index contributed by atoms with van der Waals surface area (Å²) in [7, 11) is 0. The largest absolute Gasteiger partial charge is 0.396 e. The lowest BCUT2D eigenvalue weighted by Gasteiger charge is -2.21. The molecule has 1 amide bonds. The van der Waals surface area contributed by atoms with Gasteiger partial charge in [0.2, 0.25) is 0 Å². The van der Waals surface area contributed by atoms with Gasteiger partial charge in [-0.1, -0.05) is 0 Å². The van der Waals surface area contributed by atoms with E-state index in [0.29, 0.717) is 25.1 Å². The lowest BCUT2D eigenvalue weighted by Crippen LogP contribution is -2.32. The fraction of sp³-hybridized carbons (Fsp3) is 0.500. The Kier molecular flexibility index (Phi) is 6.00. The highest BCUT2D eigenvalue weighted by Gasteiger charge is 2.17. The molecule has 0 fully saturated rings. The van der Waals surface area contributed by atoms with Gasteiger partial charge in [0.05, 0.1) is 5.56 Å². The van der Waals surface area contributed by atoms with Crippen LogP contribution in [0.4, 0.5) is 0 Å². The van der Waals surface area contributed by atoms with Crippen LogP contribution >= 0.6 is 11.8 Å². The van der Waals surface area contributed by atoms with Crippen molar-refractivity contribution in [3.8, 4) is 0 Å². The summed E-state index contributed by atoms with van der Waals surface area (Å²) in [5.74, 6) is -0.0154. The second-order valence-corrected chi connectivity index (χ2v) is 4.32. The number of rotatable bonds is 6. The zero-order chi connectivity index (χ0) is 12.7. The molecule has 1 rings (SSSR count). The quantitative estimate of drug-likeness (QED) is 0.784. The Balaban J connectivity index is 2.85. The standard InChI is InChI=1S/C12H18N2O2S/c1-3-14(8-5-9-15)12(16)10-6-4-7-13-11(10)17-2/h4,6-7,15H,3,5,8-9H2,1-2H3. The van der Waals surface area contributed by atoms with Crippen LogP contribution < -0.4 is 0 Å². The Morgan fingerprint density at radius 2 is 2.35 bits per heavy atom. The summed E-state index contributed by atoms with van der Waals surface area (Å²) < 4.78 is 0. The summed E-state index contributed by atoms with van der Waals surface area (Å²) in [5, 5.41) is 9.56. The van der Waals surface area contributed by atoms with Crippen molar-refractivity contribution in [3.63, 3.8) is 0 Å². The van der Waals surface area contributed by atoms with Crippen LogP contribution in [0.3, 0.4) is 0 Å². The highest BCUT2D eigenvalue weighted by molar-refractivity contribution is 7.98. The molecule has 0 radical (unpaired) electrons. The van der Waals surface area contributed by atoms with E-state index in [0.717, 1.165) is 5.03 Å². The van der Waals surface area contributed by atoms with E-state index in [1.165, 1.54) is 11.8 Å². The minimum absolute atomic E-state index is 0.0154. The third kappa shape index (κ3) is 3.71. The van der Waals surface area contributed by atoms with Gasteiger partial charge in [0.25, 0.3) is 5.91 Å². The number of hydrogen-bond acceptors (Lipinski definition) is 4. The molecule has 4 nitrogen and oxygen atoms in total. The van der Waals surface area contributed by atoms with Gasteiger partial charge in [-0.15, -0.1) is 11.8 Å². The molecule has 17 heavy (non-hydrogen) atoms. The first-order valence-electron chi connectivity index (χ1n) is 5.63. The number of carbonyl (C=O) groups excluding carboxylic acids is 1. The highest BCUT2D eigenvalue weighted by atomic mass is 32.2. The van der Waals surface area contributed by atoms with E-state index in [1.54, 1.807) is 23.2 Å². The predicted molar refractivity (Wildman–Crippen MR) is 69.3 cm³/mol. The first-order chi connectivity index (χ1) is 8.24. The maximum absolute atomic E-state index is 12.3. The van der Waals surface area contributed by atoms with Crippen LogP contribution in [0.1, 0.15) is 23.7 Å². The van der Waals surface area contributed by atoms with Gasteiger partial charge in [-0.3, -0.25) is 4.79 Å². The van der Waals surface area contributed by atoms with Gasteiger partial charge in [-0.2, -0.15) is 0 Å². The molecule has 1 N–H and O–H groups in total. The summed E-state index contributed by atoms with van der Waals surface area (Å²) in [5.41, 5.74) is 0.639. The van der Waals surface area contributed by atoms with E-state index in [2.05, 4.69) is 4.98 Å². The number of thioether (sulfide) groups is 1. The topological polar surface area (TPSA) is 53.4 Å². The Morgan fingerprint density at radius 1 is 1.59 bits per heavy atom. The minimum atomic E-state index is -0.0154. The lowest BCUT2D eigenvalue weighted by atomic mass is 10.2. The average Bonchev–Trinajstić information content (AvgIpc) is 2.39. The molecular formula is C12H18N2O2S. The zero-order valence-corrected chi connectivity index (χ0v) is 11.0. The number of amides is 1. The van der Waals surface area contributed by atoms with Crippen molar-refractivity contribution in [3.05, 3.63) is 23.9 Å². The summed E-state index contributed by atoms with van der Waals surface area (Å²) >= 11 is 1.47. The van der Waals surface area contributed by atoms with Gasteiger partial charge < -0.3 is 10.0 Å². The van der Waals surface area contributed by atoms with Gasteiger partial charge in [0.1, 0.15) is 5.03 Å². The highest BCUT2D eigenvalue weighted by Crippen LogP contribution is 2.18. The molecule has 0 saturated carbocycles. The summed E-state index contributed by atoms with van der Waals surface area (Å²) in [4.78, 5) is 18.2. The van der Waals surface area contributed by atoms with Crippen LogP contribution in [0, 0.1) is 0 Å². The Hall–Kier alpha value is -1.07. The smallest absolute Gasteiger partial charge is 0.256 e. The first kappa shape index (κ1) is 14.0. The number of nitrogens with zero attached hydrogens (tertiary/aromatic N) is 2. The molecule has 94 valence electrons.